The number of rotatable bonds is 3. The molecule has 3 heteroatoms. The summed E-state index contributed by atoms with van der Waals surface area (Å²) in [5.41, 5.74) is 1.52. The van der Waals surface area contributed by atoms with Crippen LogP contribution < -0.4 is 0 Å². The first kappa shape index (κ1) is 12.4. The van der Waals surface area contributed by atoms with Crippen LogP contribution in [0.25, 0.3) is 11.0 Å². The van der Waals surface area contributed by atoms with E-state index in [1.807, 2.05) is 24.3 Å². The third kappa shape index (κ3) is 2.71. The molecule has 0 amide bonds. The lowest BCUT2D eigenvalue weighted by Gasteiger charge is -2.18. The first-order valence-corrected chi connectivity index (χ1v) is 7.06. The summed E-state index contributed by atoms with van der Waals surface area (Å²) in [6, 6.07) is 7.72. The van der Waals surface area contributed by atoms with Crippen LogP contribution >= 0.6 is 0 Å². The van der Waals surface area contributed by atoms with Crippen molar-refractivity contribution in [3.63, 3.8) is 0 Å². The minimum Gasteiger partial charge on any atom is -0.464 e. The molecular formula is C16H19NO2. The van der Waals surface area contributed by atoms with Crippen molar-refractivity contribution < 1.29 is 9.21 Å². The fraction of sp³-hybridized carbons (Fsp3) is 0.438. The molecular weight excluding hydrogens is 238 g/mol. The van der Waals surface area contributed by atoms with Gasteiger partial charge in [-0.25, -0.2) is 0 Å². The van der Waals surface area contributed by atoms with E-state index in [0.29, 0.717) is 6.54 Å². The van der Waals surface area contributed by atoms with Gasteiger partial charge in [0.2, 0.25) is 0 Å². The van der Waals surface area contributed by atoms with Crippen LogP contribution in [0.5, 0.6) is 0 Å². The summed E-state index contributed by atoms with van der Waals surface area (Å²) in [5.74, 6) is 0.173. The van der Waals surface area contributed by atoms with Crippen molar-refractivity contribution in [3.05, 3.63) is 36.1 Å². The Morgan fingerprint density at radius 2 is 1.84 bits per heavy atom. The molecule has 1 saturated heterocycles. The van der Waals surface area contributed by atoms with E-state index in [4.69, 9.17) is 4.42 Å². The molecule has 1 aromatic carbocycles. The number of para-hydroxylation sites is 1. The maximum atomic E-state index is 12.4. The van der Waals surface area contributed by atoms with Crippen LogP contribution in [0.15, 0.2) is 34.9 Å². The summed E-state index contributed by atoms with van der Waals surface area (Å²) < 4.78 is 5.44. The summed E-state index contributed by atoms with van der Waals surface area (Å²) >= 11 is 0. The van der Waals surface area contributed by atoms with Crippen LogP contribution in [0.2, 0.25) is 0 Å². The lowest BCUT2D eigenvalue weighted by Crippen LogP contribution is -2.30. The number of furan rings is 1. The summed E-state index contributed by atoms with van der Waals surface area (Å²) in [6.07, 6.45) is 6.60. The minimum absolute atomic E-state index is 0.173. The number of likely N-dealkylation sites (tertiary alicyclic amines) is 1. The van der Waals surface area contributed by atoms with Crippen LogP contribution in [0.4, 0.5) is 0 Å². The zero-order valence-corrected chi connectivity index (χ0v) is 11.1. The van der Waals surface area contributed by atoms with E-state index >= 15 is 0 Å². The molecule has 1 aliphatic heterocycles. The Hall–Kier alpha value is -1.61. The van der Waals surface area contributed by atoms with E-state index in [2.05, 4.69) is 4.90 Å². The van der Waals surface area contributed by atoms with Crippen LogP contribution in [0.1, 0.15) is 36.0 Å². The molecule has 19 heavy (non-hydrogen) atoms. The second-order valence-electron chi connectivity index (χ2n) is 5.26. The van der Waals surface area contributed by atoms with Gasteiger partial charge in [0.15, 0.2) is 5.78 Å². The number of Topliss-reactive ketones (excluding diaryl/α,β-unsaturated/α-hetero) is 1. The number of nitrogens with zero attached hydrogens (tertiary/aromatic N) is 1. The molecule has 0 atom stereocenters. The van der Waals surface area contributed by atoms with Gasteiger partial charge in [-0.3, -0.25) is 9.69 Å². The van der Waals surface area contributed by atoms with Gasteiger partial charge >= 0.3 is 0 Å². The minimum atomic E-state index is 0.173. The Balaban J connectivity index is 1.76. The van der Waals surface area contributed by atoms with Gasteiger partial charge in [0.1, 0.15) is 11.8 Å². The molecule has 0 spiro atoms. The highest BCUT2D eigenvalue weighted by molar-refractivity contribution is 6.08. The van der Waals surface area contributed by atoms with Crippen LogP contribution in [-0.4, -0.2) is 30.3 Å². The fourth-order valence-electron chi connectivity index (χ4n) is 2.78. The number of hydrogen-bond acceptors (Lipinski definition) is 3. The molecule has 0 aliphatic carbocycles. The van der Waals surface area contributed by atoms with Crippen molar-refractivity contribution in [2.24, 2.45) is 0 Å². The zero-order chi connectivity index (χ0) is 13.1. The largest absolute Gasteiger partial charge is 0.464 e. The maximum absolute atomic E-state index is 12.4. The molecule has 100 valence electrons. The smallest absolute Gasteiger partial charge is 0.180 e. The van der Waals surface area contributed by atoms with Gasteiger partial charge in [-0.05, 0) is 32.0 Å². The lowest BCUT2D eigenvalue weighted by molar-refractivity contribution is 0.0934. The van der Waals surface area contributed by atoms with Crippen molar-refractivity contribution in [1.29, 1.82) is 0 Å². The lowest BCUT2D eigenvalue weighted by atomic mass is 10.1. The molecule has 1 aliphatic rings. The normalized spacial score (nSPS) is 17.5. The number of fused-ring (bicyclic) bond motifs is 1. The summed E-state index contributed by atoms with van der Waals surface area (Å²) in [6.45, 7) is 2.60. The van der Waals surface area contributed by atoms with Gasteiger partial charge in [-0.2, -0.15) is 0 Å². The zero-order valence-electron chi connectivity index (χ0n) is 11.1. The Morgan fingerprint density at radius 1 is 1.11 bits per heavy atom. The molecule has 3 nitrogen and oxygen atoms in total. The number of carbonyl (C=O) groups is 1. The van der Waals surface area contributed by atoms with Crippen molar-refractivity contribution in [2.45, 2.75) is 25.7 Å². The van der Waals surface area contributed by atoms with Gasteiger partial charge in [0.25, 0.3) is 0 Å². The highest BCUT2D eigenvalue weighted by atomic mass is 16.3. The molecule has 0 bridgehead atoms. The van der Waals surface area contributed by atoms with E-state index in [1.165, 1.54) is 25.7 Å². The Bertz CT molecular complexity index is 565. The highest BCUT2D eigenvalue weighted by Crippen LogP contribution is 2.21. The van der Waals surface area contributed by atoms with Crippen molar-refractivity contribution in [1.82, 2.24) is 4.90 Å². The summed E-state index contributed by atoms with van der Waals surface area (Å²) in [4.78, 5) is 14.7. The predicted molar refractivity (Wildman–Crippen MR) is 75.5 cm³/mol. The van der Waals surface area contributed by atoms with Crippen molar-refractivity contribution >= 4 is 16.8 Å². The van der Waals surface area contributed by atoms with E-state index < -0.39 is 0 Å². The average Bonchev–Trinajstić information content (AvgIpc) is 2.70. The van der Waals surface area contributed by atoms with Gasteiger partial charge in [-0.1, -0.05) is 31.0 Å². The first-order chi connectivity index (χ1) is 9.34. The van der Waals surface area contributed by atoms with Crippen LogP contribution in [-0.2, 0) is 0 Å². The van der Waals surface area contributed by atoms with Gasteiger partial charge in [0, 0.05) is 5.39 Å². The Morgan fingerprint density at radius 3 is 2.63 bits per heavy atom. The van der Waals surface area contributed by atoms with E-state index in [1.54, 1.807) is 6.26 Å². The quantitative estimate of drug-likeness (QED) is 0.789. The molecule has 3 rings (SSSR count). The summed E-state index contributed by atoms with van der Waals surface area (Å²) in [5, 5.41) is 0.933. The Labute approximate surface area is 113 Å². The van der Waals surface area contributed by atoms with E-state index in [0.717, 1.165) is 29.6 Å². The van der Waals surface area contributed by atoms with E-state index in [-0.39, 0.29) is 5.78 Å². The molecule has 0 saturated carbocycles. The third-order valence-electron chi connectivity index (χ3n) is 3.85. The van der Waals surface area contributed by atoms with E-state index in [9.17, 15) is 4.79 Å². The van der Waals surface area contributed by atoms with Crippen LogP contribution in [0.3, 0.4) is 0 Å². The van der Waals surface area contributed by atoms with Gasteiger partial charge in [0.05, 0.1) is 12.1 Å². The molecule has 1 fully saturated rings. The Kier molecular flexibility index (Phi) is 3.65. The first-order valence-electron chi connectivity index (χ1n) is 7.06. The number of ketones is 1. The average molecular weight is 257 g/mol. The molecule has 2 heterocycles. The monoisotopic (exact) mass is 257 g/mol. The third-order valence-corrected chi connectivity index (χ3v) is 3.85. The number of carbonyl (C=O) groups excluding carboxylic acids is 1. The van der Waals surface area contributed by atoms with Gasteiger partial charge < -0.3 is 4.42 Å². The number of hydrogen-bond donors (Lipinski definition) is 0. The second-order valence-corrected chi connectivity index (χ2v) is 5.26. The van der Waals surface area contributed by atoms with Gasteiger partial charge in [-0.15, -0.1) is 0 Å². The standard InChI is InChI=1S/C16H19NO2/c18-15(11-17-9-5-1-2-6-10-17)14-12-19-16-8-4-3-7-13(14)16/h3-4,7-8,12H,1-2,5-6,9-11H2. The number of benzene rings is 1. The van der Waals surface area contributed by atoms with Crippen LogP contribution in [0, 0.1) is 0 Å². The maximum Gasteiger partial charge on any atom is 0.180 e. The molecule has 1 aromatic heterocycles. The molecule has 0 unspecified atom stereocenters. The molecule has 0 radical (unpaired) electrons. The topological polar surface area (TPSA) is 33.5 Å². The molecule has 0 N–H and O–H groups in total. The predicted octanol–water partition coefficient (Wildman–Crippen LogP) is 3.49. The van der Waals surface area contributed by atoms with Crippen molar-refractivity contribution in [3.8, 4) is 0 Å². The highest BCUT2D eigenvalue weighted by Gasteiger charge is 2.17. The second kappa shape index (κ2) is 5.57. The summed E-state index contributed by atoms with van der Waals surface area (Å²) in [7, 11) is 0. The van der Waals surface area contributed by atoms with Crippen molar-refractivity contribution in [2.75, 3.05) is 19.6 Å². The molecule has 2 aromatic rings. The fourth-order valence-corrected chi connectivity index (χ4v) is 2.78. The SMILES string of the molecule is O=C(CN1CCCCCC1)c1coc2ccccc12.